The molecule has 0 aromatic heterocycles. The van der Waals surface area contributed by atoms with Crippen molar-refractivity contribution in [2.45, 2.75) is 6.92 Å². The maximum atomic E-state index is 12.1. The van der Waals surface area contributed by atoms with Gasteiger partial charge in [-0.1, -0.05) is 30.3 Å². The van der Waals surface area contributed by atoms with E-state index in [1.165, 1.54) is 0 Å². The fourth-order valence-corrected chi connectivity index (χ4v) is 2.92. The van der Waals surface area contributed by atoms with Crippen LogP contribution in [0, 0.1) is 0 Å². The first kappa shape index (κ1) is 17.9. The van der Waals surface area contributed by atoms with Gasteiger partial charge in [0.05, 0.1) is 5.71 Å². The van der Waals surface area contributed by atoms with Crippen LogP contribution in [0.1, 0.15) is 12.5 Å². The van der Waals surface area contributed by atoms with Crippen molar-refractivity contribution in [3.63, 3.8) is 0 Å². The summed E-state index contributed by atoms with van der Waals surface area (Å²) in [7, 11) is 0. The highest BCUT2D eigenvalue weighted by molar-refractivity contribution is 5.99. The number of carbonyl (C=O) groups excluding carboxylic acids is 1. The second-order valence-electron chi connectivity index (χ2n) is 6.39. The van der Waals surface area contributed by atoms with Gasteiger partial charge in [0.25, 0.3) is 5.91 Å². The van der Waals surface area contributed by atoms with Gasteiger partial charge in [-0.15, -0.1) is 0 Å². The van der Waals surface area contributed by atoms with Gasteiger partial charge in [-0.3, -0.25) is 4.79 Å². The van der Waals surface area contributed by atoms with E-state index in [9.17, 15) is 4.79 Å². The van der Waals surface area contributed by atoms with E-state index in [4.69, 9.17) is 14.2 Å². The van der Waals surface area contributed by atoms with E-state index in [-0.39, 0.29) is 12.5 Å². The molecule has 0 unspecified atom stereocenters. The van der Waals surface area contributed by atoms with Crippen LogP contribution < -0.4 is 19.6 Å². The van der Waals surface area contributed by atoms with Gasteiger partial charge in [-0.05, 0) is 48.0 Å². The Morgan fingerprint density at radius 2 is 1.79 bits per heavy atom. The third kappa shape index (κ3) is 4.06. The van der Waals surface area contributed by atoms with Gasteiger partial charge in [-0.2, -0.15) is 5.10 Å². The van der Waals surface area contributed by atoms with Crippen LogP contribution in [0.5, 0.6) is 17.2 Å². The zero-order valence-corrected chi connectivity index (χ0v) is 15.5. The third-order valence-corrected chi connectivity index (χ3v) is 4.40. The largest absolute Gasteiger partial charge is 0.486 e. The molecule has 1 heterocycles. The van der Waals surface area contributed by atoms with Crippen molar-refractivity contribution >= 4 is 22.4 Å². The molecule has 6 nitrogen and oxygen atoms in total. The molecule has 4 rings (SSSR count). The minimum atomic E-state index is -0.329. The molecule has 1 amide bonds. The van der Waals surface area contributed by atoms with Crippen molar-refractivity contribution in [1.29, 1.82) is 0 Å². The highest BCUT2D eigenvalue weighted by Crippen LogP contribution is 2.30. The zero-order chi connectivity index (χ0) is 19.3. The fourth-order valence-electron chi connectivity index (χ4n) is 2.92. The van der Waals surface area contributed by atoms with E-state index in [2.05, 4.69) is 10.5 Å². The fraction of sp³-hybridized carbons (Fsp3) is 0.182. The van der Waals surface area contributed by atoms with Crippen molar-refractivity contribution in [3.8, 4) is 17.2 Å². The summed E-state index contributed by atoms with van der Waals surface area (Å²) in [6, 6.07) is 19.3. The number of fused-ring (bicyclic) bond motifs is 2. The van der Waals surface area contributed by atoms with Gasteiger partial charge < -0.3 is 14.2 Å². The van der Waals surface area contributed by atoms with Crippen molar-refractivity contribution < 1.29 is 19.0 Å². The number of hydrogen-bond donors (Lipinski definition) is 1. The maximum absolute atomic E-state index is 12.1. The summed E-state index contributed by atoms with van der Waals surface area (Å²) in [5, 5.41) is 6.33. The van der Waals surface area contributed by atoms with Crippen LogP contribution in [0.2, 0.25) is 0 Å². The molecule has 0 bridgehead atoms. The number of carbonyl (C=O) groups is 1. The lowest BCUT2D eigenvalue weighted by Gasteiger charge is -2.18. The molecule has 1 N–H and O–H groups in total. The predicted molar refractivity (Wildman–Crippen MR) is 107 cm³/mol. The highest BCUT2D eigenvalue weighted by atomic mass is 16.6. The second kappa shape index (κ2) is 8.00. The monoisotopic (exact) mass is 376 g/mol. The maximum Gasteiger partial charge on any atom is 0.277 e. The molecule has 142 valence electrons. The van der Waals surface area contributed by atoms with E-state index in [1.807, 2.05) is 67.6 Å². The minimum Gasteiger partial charge on any atom is -0.486 e. The van der Waals surface area contributed by atoms with E-state index < -0.39 is 0 Å². The molecule has 0 saturated heterocycles. The molecular weight excluding hydrogens is 356 g/mol. The zero-order valence-electron chi connectivity index (χ0n) is 15.5. The average molecular weight is 376 g/mol. The van der Waals surface area contributed by atoms with Gasteiger partial charge in [0.15, 0.2) is 18.1 Å². The number of hydrogen-bond acceptors (Lipinski definition) is 5. The lowest BCUT2D eigenvalue weighted by molar-refractivity contribution is -0.123. The summed E-state index contributed by atoms with van der Waals surface area (Å²) in [5.41, 5.74) is 4.03. The molecule has 0 fully saturated rings. The van der Waals surface area contributed by atoms with Crippen LogP contribution in [-0.2, 0) is 4.79 Å². The Kier molecular flexibility index (Phi) is 5.10. The Balaban J connectivity index is 1.35. The molecule has 0 radical (unpaired) electrons. The van der Waals surface area contributed by atoms with Crippen molar-refractivity contribution in [3.05, 3.63) is 66.2 Å². The first-order chi connectivity index (χ1) is 13.7. The molecule has 0 atom stereocenters. The molecular formula is C22H20N2O4. The minimum absolute atomic E-state index is 0.115. The second-order valence-corrected chi connectivity index (χ2v) is 6.39. The van der Waals surface area contributed by atoms with E-state index in [0.29, 0.717) is 30.4 Å². The van der Waals surface area contributed by atoms with Gasteiger partial charge in [0, 0.05) is 5.56 Å². The van der Waals surface area contributed by atoms with Crippen LogP contribution in [0.4, 0.5) is 0 Å². The van der Waals surface area contributed by atoms with Crippen molar-refractivity contribution in [2.24, 2.45) is 5.10 Å². The first-order valence-corrected chi connectivity index (χ1v) is 9.04. The van der Waals surface area contributed by atoms with E-state index >= 15 is 0 Å². The number of hydrazone groups is 1. The Hall–Kier alpha value is -3.54. The molecule has 3 aromatic rings. The Bertz CT molecular complexity index is 1050. The topological polar surface area (TPSA) is 69.2 Å². The molecule has 1 aliphatic rings. The van der Waals surface area contributed by atoms with Crippen LogP contribution >= 0.6 is 0 Å². The number of amides is 1. The SMILES string of the molecule is C/C(=N\NC(=O)COc1ccc2ccccc2c1)c1ccc2c(c1)OCCO2. The smallest absolute Gasteiger partial charge is 0.277 e. The van der Waals surface area contributed by atoms with Crippen LogP contribution in [0.25, 0.3) is 10.8 Å². The highest BCUT2D eigenvalue weighted by Gasteiger charge is 2.13. The third-order valence-electron chi connectivity index (χ3n) is 4.40. The molecule has 3 aromatic carbocycles. The quantitative estimate of drug-likeness (QED) is 0.546. The summed E-state index contributed by atoms with van der Waals surface area (Å²) in [6.07, 6.45) is 0. The number of ether oxygens (including phenoxy) is 3. The molecule has 1 aliphatic heterocycles. The normalized spacial score (nSPS) is 13.2. The number of rotatable bonds is 5. The van der Waals surface area contributed by atoms with Crippen LogP contribution in [-0.4, -0.2) is 31.4 Å². The van der Waals surface area contributed by atoms with Gasteiger partial charge in [-0.25, -0.2) is 5.43 Å². The van der Waals surface area contributed by atoms with Gasteiger partial charge in [0.1, 0.15) is 19.0 Å². The summed E-state index contributed by atoms with van der Waals surface area (Å²) in [6.45, 7) is 2.77. The molecule has 0 spiro atoms. The van der Waals surface area contributed by atoms with E-state index in [1.54, 1.807) is 0 Å². The standard InChI is InChI=1S/C22H20N2O4/c1-15(17-7-9-20-21(13-17)27-11-10-26-20)23-24-22(25)14-28-19-8-6-16-4-2-3-5-18(16)12-19/h2-9,12-13H,10-11,14H2,1H3,(H,24,25)/b23-15+. The number of benzene rings is 3. The predicted octanol–water partition coefficient (Wildman–Crippen LogP) is 3.53. The van der Waals surface area contributed by atoms with Crippen LogP contribution in [0.15, 0.2) is 65.8 Å². The summed E-state index contributed by atoms with van der Waals surface area (Å²) < 4.78 is 16.6. The molecule has 6 heteroatoms. The van der Waals surface area contributed by atoms with Gasteiger partial charge >= 0.3 is 0 Å². The number of nitrogens with zero attached hydrogens (tertiary/aromatic N) is 1. The van der Waals surface area contributed by atoms with Crippen molar-refractivity contribution in [2.75, 3.05) is 19.8 Å². The Morgan fingerprint density at radius 3 is 2.64 bits per heavy atom. The lowest BCUT2D eigenvalue weighted by atomic mass is 10.1. The molecule has 0 aliphatic carbocycles. The Labute approximate surface area is 162 Å². The molecule has 28 heavy (non-hydrogen) atoms. The Morgan fingerprint density at radius 1 is 1.00 bits per heavy atom. The summed E-state index contributed by atoms with van der Waals surface area (Å²) >= 11 is 0. The summed E-state index contributed by atoms with van der Waals surface area (Å²) in [5.74, 6) is 1.71. The van der Waals surface area contributed by atoms with Crippen molar-refractivity contribution in [1.82, 2.24) is 5.43 Å². The number of nitrogens with one attached hydrogen (secondary N) is 1. The average Bonchev–Trinajstić information content (AvgIpc) is 2.75. The molecule has 0 saturated carbocycles. The first-order valence-electron chi connectivity index (χ1n) is 9.04. The van der Waals surface area contributed by atoms with E-state index in [0.717, 1.165) is 22.1 Å². The van der Waals surface area contributed by atoms with Crippen LogP contribution in [0.3, 0.4) is 0 Å². The van der Waals surface area contributed by atoms with Gasteiger partial charge in [0.2, 0.25) is 0 Å². The summed E-state index contributed by atoms with van der Waals surface area (Å²) in [4.78, 5) is 12.1. The lowest BCUT2D eigenvalue weighted by Crippen LogP contribution is -2.25.